The van der Waals surface area contributed by atoms with E-state index in [1.807, 2.05) is 18.2 Å². The average molecular weight is 539 g/mol. The number of hydrogen-bond donors (Lipinski definition) is 1. The van der Waals surface area contributed by atoms with Crippen LogP contribution in [0.4, 0.5) is 4.39 Å². The van der Waals surface area contributed by atoms with Gasteiger partial charge in [0.15, 0.2) is 0 Å². The minimum atomic E-state index is -0.856. The van der Waals surface area contributed by atoms with Gasteiger partial charge in [-0.1, -0.05) is 18.2 Å². The minimum Gasteiger partial charge on any atom is -0.493 e. The molecule has 2 atom stereocenters. The first-order valence-electron chi connectivity index (χ1n) is 13.6. The van der Waals surface area contributed by atoms with E-state index in [1.54, 1.807) is 36.1 Å². The van der Waals surface area contributed by atoms with Crippen LogP contribution in [0.15, 0.2) is 59.7 Å². The molecule has 0 radical (unpaired) electrons. The van der Waals surface area contributed by atoms with Crippen LogP contribution < -0.4 is 10.3 Å². The molecule has 3 heterocycles. The largest absolute Gasteiger partial charge is 0.493 e. The normalized spacial score (nSPS) is 17.4. The Bertz CT molecular complexity index is 1700. The van der Waals surface area contributed by atoms with Crippen LogP contribution in [-0.4, -0.2) is 27.2 Å². The number of aryl methyl sites for hydroxylation is 3. The van der Waals surface area contributed by atoms with Gasteiger partial charge >= 0.3 is 5.97 Å². The third kappa shape index (κ3) is 4.59. The molecule has 6 rings (SSSR count). The maximum atomic E-state index is 15.4. The Kier molecular flexibility index (Phi) is 6.53. The van der Waals surface area contributed by atoms with Gasteiger partial charge in [0.25, 0.3) is 5.56 Å². The van der Waals surface area contributed by atoms with E-state index in [2.05, 4.69) is 31.0 Å². The summed E-state index contributed by atoms with van der Waals surface area (Å²) in [4.78, 5) is 28.0. The van der Waals surface area contributed by atoms with E-state index in [4.69, 9.17) is 9.84 Å². The van der Waals surface area contributed by atoms with E-state index in [1.165, 1.54) is 0 Å². The highest BCUT2D eigenvalue weighted by Gasteiger charge is 2.31. The predicted molar refractivity (Wildman–Crippen MR) is 151 cm³/mol. The third-order valence-electron chi connectivity index (χ3n) is 8.40. The molecule has 40 heavy (non-hydrogen) atoms. The summed E-state index contributed by atoms with van der Waals surface area (Å²) in [7, 11) is 1.74. The second kappa shape index (κ2) is 10.0. The summed E-state index contributed by atoms with van der Waals surface area (Å²) in [6.07, 6.45) is 5.72. The van der Waals surface area contributed by atoms with Gasteiger partial charge < -0.3 is 14.4 Å². The quantitative estimate of drug-likeness (QED) is 0.321. The Morgan fingerprint density at radius 3 is 2.60 bits per heavy atom. The number of hydrogen-bond acceptors (Lipinski definition) is 4. The number of aromatic nitrogens is 2. The minimum absolute atomic E-state index is 0.00265. The predicted octanol–water partition coefficient (Wildman–Crippen LogP) is 6.09. The highest BCUT2D eigenvalue weighted by atomic mass is 19.1. The second-order valence-corrected chi connectivity index (χ2v) is 11.1. The van der Waals surface area contributed by atoms with Crippen molar-refractivity contribution in [3.05, 3.63) is 105 Å². The maximum absolute atomic E-state index is 15.4. The Labute approximate surface area is 232 Å². The third-order valence-corrected chi connectivity index (χ3v) is 8.40. The SMILES string of the molecule is Cc1cc(-c2ccn(C)c(=O)c2)cc(C)c1-c1ccc(F)c2c1CC[C@H]2Cc1cc2c(cn1)[C@H](CC(=O)O)CO2. The van der Waals surface area contributed by atoms with Crippen LogP contribution in [0.5, 0.6) is 5.75 Å². The molecule has 2 aliphatic rings. The molecule has 0 spiro atoms. The van der Waals surface area contributed by atoms with E-state index in [9.17, 15) is 9.59 Å². The van der Waals surface area contributed by atoms with Crippen molar-refractivity contribution in [3.63, 3.8) is 0 Å². The van der Waals surface area contributed by atoms with Crippen LogP contribution in [-0.2, 0) is 24.7 Å². The first-order valence-corrected chi connectivity index (χ1v) is 13.6. The molecule has 7 heteroatoms. The lowest BCUT2D eigenvalue weighted by atomic mass is 9.87. The van der Waals surface area contributed by atoms with Gasteiger partial charge in [0.1, 0.15) is 11.6 Å². The van der Waals surface area contributed by atoms with Gasteiger partial charge in [0.2, 0.25) is 0 Å². The summed E-state index contributed by atoms with van der Waals surface area (Å²) < 4.78 is 22.7. The Hall–Kier alpha value is -4.26. The van der Waals surface area contributed by atoms with Gasteiger partial charge in [-0.3, -0.25) is 14.6 Å². The molecule has 0 saturated carbocycles. The molecule has 4 aromatic rings. The number of nitrogens with zero attached hydrogens (tertiary/aromatic N) is 2. The number of carboxylic acids is 1. The van der Waals surface area contributed by atoms with Crippen molar-refractivity contribution in [2.24, 2.45) is 7.05 Å². The van der Waals surface area contributed by atoms with Crippen LogP contribution in [0, 0.1) is 19.7 Å². The number of aliphatic carboxylic acids is 1. The molecule has 1 aliphatic carbocycles. The lowest BCUT2D eigenvalue weighted by molar-refractivity contribution is -0.137. The molecule has 0 fully saturated rings. The average Bonchev–Trinajstić information content (AvgIpc) is 3.51. The fourth-order valence-corrected chi connectivity index (χ4v) is 6.47. The summed E-state index contributed by atoms with van der Waals surface area (Å²) in [5.41, 5.74) is 9.62. The highest BCUT2D eigenvalue weighted by Crippen LogP contribution is 2.45. The fourth-order valence-electron chi connectivity index (χ4n) is 6.47. The van der Waals surface area contributed by atoms with Crippen molar-refractivity contribution in [2.45, 2.75) is 51.4 Å². The molecule has 204 valence electrons. The van der Waals surface area contributed by atoms with E-state index < -0.39 is 5.97 Å². The molecule has 0 bridgehead atoms. The van der Waals surface area contributed by atoms with Crippen molar-refractivity contribution >= 4 is 5.97 Å². The van der Waals surface area contributed by atoms with Crippen molar-refractivity contribution in [1.29, 1.82) is 0 Å². The van der Waals surface area contributed by atoms with E-state index in [-0.39, 0.29) is 29.6 Å². The number of ether oxygens (including phenoxy) is 1. The van der Waals surface area contributed by atoms with Crippen LogP contribution in [0.2, 0.25) is 0 Å². The lowest BCUT2D eigenvalue weighted by Crippen LogP contribution is -2.14. The Balaban J connectivity index is 1.31. The number of rotatable bonds is 6. The molecule has 2 aromatic carbocycles. The number of carboxylic acid groups (broad SMARTS) is 1. The lowest BCUT2D eigenvalue weighted by Gasteiger charge is -2.18. The molecule has 0 saturated heterocycles. The van der Waals surface area contributed by atoms with E-state index >= 15 is 4.39 Å². The fraction of sp³-hybridized carbons (Fsp3) is 0.303. The first kappa shape index (κ1) is 26.0. The Morgan fingerprint density at radius 1 is 1.10 bits per heavy atom. The molecule has 6 nitrogen and oxygen atoms in total. The van der Waals surface area contributed by atoms with Crippen molar-refractivity contribution in [3.8, 4) is 28.0 Å². The number of pyridine rings is 2. The molecule has 2 aromatic heterocycles. The molecular formula is C33H31FN2O4. The number of fused-ring (bicyclic) bond motifs is 2. The van der Waals surface area contributed by atoms with Crippen LogP contribution in [0.3, 0.4) is 0 Å². The van der Waals surface area contributed by atoms with Gasteiger partial charge in [-0.05, 0) is 95.7 Å². The Morgan fingerprint density at radius 2 is 1.88 bits per heavy atom. The van der Waals surface area contributed by atoms with Crippen molar-refractivity contribution in [2.75, 3.05) is 6.61 Å². The van der Waals surface area contributed by atoms with Gasteiger partial charge in [-0.25, -0.2) is 4.39 Å². The molecular weight excluding hydrogens is 507 g/mol. The summed E-state index contributed by atoms with van der Waals surface area (Å²) in [6, 6.07) is 13.2. The monoisotopic (exact) mass is 538 g/mol. The molecule has 1 aliphatic heterocycles. The summed E-state index contributed by atoms with van der Waals surface area (Å²) in [5, 5.41) is 9.16. The standard InChI is InChI=1S/C33H31FN2O4/c1-18-10-22(20-8-9-36(3)30(37)13-20)11-19(2)32(18)25-6-7-28(34)33-21(4-5-26(25)33)12-24-15-29-27(16-35-24)23(17-40-29)14-31(38)39/h6-11,13,15-16,21,23H,4-5,12,14,17H2,1-3H3,(H,38,39)/t21-,23+/m0/s1. The topological polar surface area (TPSA) is 81.4 Å². The van der Waals surface area contributed by atoms with Crippen LogP contribution >= 0.6 is 0 Å². The van der Waals surface area contributed by atoms with Gasteiger partial charge in [0.05, 0.1) is 13.0 Å². The number of halogens is 1. The zero-order valence-corrected chi connectivity index (χ0v) is 22.8. The molecule has 0 amide bonds. The second-order valence-electron chi connectivity index (χ2n) is 11.1. The number of benzene rings is 2. The van der Waals surface area contributed by atoms with Crippen LogP contribution in [0.1, 0.15) is 58.2 Å². The van der Waals surface area contributed by atoms with E-state index in [0.717, 1.165) is 68.6 Å². The maximum Gasteiger partial charge on any atom is 0.304 e. The van der Waals surface area contributed by atoms with E-state index in [0.29, 0.717) is 18.8 Å². The van der Waals surface area contributed by atoms with Gasteiger partial charge in [-0.2, -0.15) is 0 Å². The smallest absolute Gasteiger partial charge is 0.304 e. The van der Waals surface area contributed by atoms with Gasteiger partial charge in [-0.15, -0.1) is 0 Å². The van der Waals surface area contributed by atoms with Crippen LogP contribution in [0.25, 0.3) is 22.3 Å². The van der Waals surface area contributed by atoms with Gasteiger partial charge in [0, 0.05) is 48.7 Å². The zero-order valence-electron chi connectivity index (χ0n) is 22.8. The first-order chi connectivity index (χ1) is 19.2. The highest BCUT2D eigenvalue weighted by molar-refractivity contribution is 5.79. The molecule has 1 N–H and O–H groups in total. The summed E-state index contributed by atoms with van der Waals surface area (Å²) in [5.74, 6) is -0.549. The molecule has 0 unspecified atom stereocenters. The van der Waals surface area contributed by atoms with Crippen molar-refractivity contribution in [1.82, 2.24) is 9.55 Å². The van der Waals surface area contributed by atoms with Crippen molar-refractivity contribution < 1.29 is 19.0 Å². The number of carbonyl (C=O) groups is 1. The zero-order chi connectivity index (χ0) is 28.1. The summed E-state index contributed by atoms with van der Waals surface area (Å²) in [6.45, 7) is 4.48. The summed E-state index contributed by atoms with van der Waals surface area (Å²) >= 11 is 0.